The lowest BCUT2D eigenvalue weighted by Gasteiger charge is -1.99. The molecule has 2 rings (SSSR count). The van der Waals surface area contributed by atoms with Crippen LogP contribution in [0.5, 0.6) is 0 Å². The number of benzene rings is 1. The Balaban J connectivity index is 2.31. The van der Waals surface area contributed by atoms with Gasteiger partial charge in [-0.15, -0.1) is 0 Å². The largest absolute Gasteiger partial charge is 0.334 e. The zero-order valence-electron chi connectivity index (χ0n) is 9.47. The van der Waals surface area contributed by atoms with Crippen LogP contribution in [-0.2, 0) is 0 Å². The first-order chi connectivity index (χ1) is 7.70. The van der Waals surface area contributed by atoms with E-state index in [2.05, 4.69) is 10.1 Å². The quantitative estimate of drug-likeness (QED) is 0.857. The fourth-order valence-corrected chi connectivity index (χ4v) is 1.46. The molecule has 0 fully saturated rings. The van der Waals surface area contributed by atoms with E-state index in [0.29, 0.717) is 11.7 Å². The topological polar surface area (TPSA) is 64.9 Å². The molecule has 0 saturated heterocycles. The van der Waals surface area contributed by atoms with E-state index in [1.54, 1.807) is 0 Å². The van der Waals surface area contributed by atoms with Crippen LogP contribution >= 0.6 is 0 Å². The van der Waals surface area contributed by atoms with Crippen molar-refractivity contribution in [3.63, 3.8) is 0 Å². The van der Waals surface area contributed by atoms with E-state index < -0.39 is 0 Å². The molecule has 0 saturated carbocycles. The molecule has 1 aromatic heterocycles. The minimum atomic E-state index is -0.151. The van der Waals surface area contributed by atoms with Gasteiger partial charge in [0.1, 0.15) is 0 Å². The highest BCUT2D eigenvalue weighted by Gasteiger charge is 2.13. The van der Waals surface area contributed by atoms with Gasteiger partial charge in [0.15, 0.2) is 5.82 Å². The van der Waals surface area contributed by atoms with Crippen LogP contribution in [0.25, 0.3) is 11.5 Å². The van der Waals surface area contributed by atoms with Crippen molar-refractivity contribution >= 4 is 0 Å². The molecule has 1 heterocycles. The molecule has 0 bridgehead atoms. The van der Waals surface area contributed by atoms with Gasteiger partial charge in [-0.05, 0) is 25.5 Å². The number of nitrogens with two attached hydrogens (primary N) is 1. The molecule has 0 radical (unpaired) electrons. The second-order valence-corrected chi connectivity index (χ2v) is 3.84. The maximum atomic E-state index is 5.83. The van der Waals surface area contributed by atoms with Gasteiger partial charge in [-0.25, -0.2) is 0 Å². The summed E-state index contributed by atoms with van der Waals surface area (Å²) in [5.41, 5.74) is 7.93. The van der Waals surface area contributed by atoms with Crippen molar-refractivity contribution in [2.45, 2.75) is 26.3 Å². The average Bonchev–Trinajstić information content (AvgIpc) is 2.77. The van der Waals surface area contributed by atoms with E-state index in [1.807, 2.05) is 38.1 Å². The summed E-state index contributed by atoms with van der Waals surface area (Å²) in [4.78, 5) is 4.29. The molecule has 0 spiro atoms. The second-order valence-electron chi connectivity index (χ2n) is 3.84. The lowest BCUT2D eigenvalue weighted by molar-refractivity contribution is 0.415. The summed E-state index contributed by atoms with van der Waals surface area (Å²) in [6, 6.07) is 7.80. The summed E-state index contributed by atoms with van der Waals surface area (Å²) in [7, 11) is 0. The molecule has 0 amide bonds. The first kappa shape index (κ1) is 10.8. The zero-order valence-corrected chi connectivity index (χ0v) is 9.47. The Kier molecular flexibility index (Phi) is 3.01. The third kappa shape index (κ3) is 2.12. The average molecular weight is 217 g/mol. The van der Waals surface area contributed by atoms with Crippen LogP contribution < -0.4 is 5.73 Å². The van der Waals surface area contributed by atoms with Gasteiger partial charge in [0.05, 0.1) is 6.04 Å². The van der Waals surface area contributed by atoms with Gasteiger partial charge in [0, 0.05) is 5.56 Å². The number of aromatic nitrogens is 2. The van der Waals surface area contributed by atoms with Gasteiger partial charge in [-0.1, -0.05) is 29.8 Å². The number of nitrogens with zero attached hydrogens (tertiary/aromatic N) is 2. The van der Waals surface area contributed by atoms with E-state index in [-0.39, 0.29) is 6.04 Å². The van der Waals surface area contributed by atoms with Crippen molar-refractivity contribution in [3.05, 3.63) is 35.7 Å². The molecular weight excluding hydrogens is 202 g/mol. The standard InChI is InChI=1S/C12H15N3O/c1-3-10(13)11-14-12(16-15-11)9-6-4-5-8(2)7-9/h4-7,10H,3,13H2,1-2H3. The molecule has 1 unspecified atom stereocenters. The molecule has 4 nitrogen and oxygen atoms in total. The highest BCUT2D eigenvalue weighted by atomic mass is 16.5. The van der Waals surface area contributed by atoms with Gasteiger partial charge in [-0.3, -0.25) is 0 Å². The normalized spacial score (nSPS) is 12.7. The van der Waals surface area contributed by atoms with Crippen LogP contribution in [0.1, 0.15) is 30.8 Å². The maximum absolute atomic E-state index is 5.83. The van der Waals surface area contributed by atoms with Crippen LogP contribution in [-0.4, -0.2) is 10.1 Å². The van der Waals surface area contributed by atoms with Crippen LogP contribution in [0.15, 0.2) is 28.8 Å². The molecule has 1 atom stereocenters. The molecule has 84 valence electrons. The monoisotopic (exact) mass is 217 g/mol. The number of hydrogen-bond donors (Lipinski definition) is 1. The minimum Gasteiger partial charge on any atom is -0.334 e. The van der Waals surface area contributed by atoms with Crippen molar-refractivity contribution in [2.24, 2.45) is 5.73 Å². The van der Waals surface area contributed by atoms with Gasteiger partial charge in [-0.2, -0.15) is 4.98 Å². The summed E-state index contributed by atoms with van der Waals surface area (Å²) >= 11 is 0. The molecule has 4 heteroatoms. The Labute approximate surface area is 94.5 Å². The van der Waals surface area contributed by atoms with Crippen molar-refractivity contribution in [2.75, 3.05) is 0 Å². The molecule has 0 aliphatic rings. The fourth-order valence-electron chi connectivity index (χ4n) is 1.46. The van der Waals surface area contributed by atoms with Crippen molar-refractivity contribution in [3.8, 4) is 11.5 Å². The first-order valence-electron chi connectivity index (χ1n) is 5.37. The number of aryl methyl sites for hydroxylation is 1. The smallest absolute Gasteiger partial charge is 0.257 e. The van der Waals surface area contributed by atoms with Crippen LogP contribution in [0.3, 0.4) is 0 Å². The van der Waals surface area contributed by atoms with E-state index in [1.165, 1.54) is 0 Å². The Hall–Kier alpha value is -1.68. The number of rotatable bonds is 3. The molecule has 1 aromatic carbocycles. The van der Waals surface area contributed by atoms with Crippen LogP contribution in [0.4, 0.5) is 0 Å². The second kappa shape index (κ2) is 4.45. The number of hydrogen-bond acceptors (Lipinski definition) is 4. The third-order valence-corrected chi connectivity index (χ3v) is 2.48. The van der Waals surface area contributed by atoms with E-state index in [4.69, 9.17) is 10.3 Å². The van der Waals surface area contributed by atoms with E-state index >= 15 is 0 Å². The lowest BCUT2D eigenvalue weighted by Crippen LogP contribution is -2.10. The van der Waals surface area contributed by atoms with E-state index in [9.17, 15) is 0 Å². The Morgan fingerprint density at radius 2 is 2.25 bits per heavy atom. The first-order valence-corrected chi connectivity index (χ1v) is 5.37. The Morgan fingerprint density at radius 1 is 1.44 bits per heavy atom. The van der Waals surface area contributed by atoms with Gasteiger partial charge < -0.3 is 10.3 Å². The summed E-state index contributed by atoms with van der Waals surface area (Å²) in [6.07, 6.45) is 0.798. The maximum Gasteiger partial charge on any atom is 0.257 e. The predicted octanol–water partition coefficient (Wildman–Crippen LogP) is 2.45. The van der Waals surface area contributed by atoms with Gasteiger partial charge >= 0.3 is 0 Å². The summed E-state index contributed by atoms with van der Waals surface area (Å²) in [5.74, 6) is 1.10. The van der Waals surface area contributed by atoms with Crippen LogP contribution in [0, 0.1) is 6.92 Å². The predicted molar refractivity (Wildman–Crippen MR) is 61.7 cm³/mol. The van der Waals surface area contributed by atoms with Crippen molar-refractivity contribution < 1.29 is 4.52 Å². The molecule has 0 aliphatic heterocycles. The fraction of sp³-hybridized carbons (Fsp3) is 0.333. The molecular formula is C12H15N3O. The lowest BCUT2D eigenvalue weighted by atomic mass is 10.1. The summed E-state index contributed by atoms with van der Waals surface area (Å²) in [6.45, 7) is 4.02. The molecule has 0 aliphatic carbocycles. The highest BCUT2D eigenvalue weighted by molar-refractivity contribution is 5.53. The minimum absolute atomic E-state index is 0.151. The van der Waals surface area contributed by atoms with Crippen molar-refractivity contribution in [1.82, 2.24) is 10.1 Å². The zero-order chi connectivity index (χ0) is 11.5. The van der Waals surface area contributed by atoms with Crippen molar-refractivity contribution in [1.29, 1.82) is 0 Å². The molecule has 16 heavy (non-hydrogen) atoms. The van der Waals surface area contributed by atoms with E-state index in [0.717, 1.165) is 17.5 Å². The Morgan fingerprint density at radius 3 is 2.94 bits per heavy atom. The SMILES string of the molecule is CCC(N)c1noc(-c2cccc(C)c2)n1. The van der Waals surface area contributed by atoms with Crippen LogP contribution in [0.2, 0.25) is 0 Å². The summed E-state index contributed by atoms with van der Waals surface area (Å²) < 4.78 is 5.19. The van der Waals surface area contributed by atoms with Gasteiger partial charge in [0.2, 0.25) is 0 Å². The summed E-state index contributed by atoms with van der Waals surface area (Å²) in [5, 5.41) is 3.88. The Bertz CT molecular complexity index is 479. The van der Waals surface area contributed by atoms with Gasteiger partial charge in [0.25, 0.3) is 5.89 Å². The highest BCUT2D eigenvalue weighted by Crippen LogP contribution is 2.20. The molecule has 2 aromatic rings. The molecule has 2 N–H and O–H groups in total. The third-order valence-electron chi connectivity index (χ3n) is 2.48.